The average Bonchev–Trinajstić information content (AvgIpc) is 2.74. The van der Waals surface area contributed by atoms with Crippen LogP contribution >= 0.6 is 0 Å². The number of rotatable bonds is 5. The summed E-state index contributed by atoms with van der Waals surface area (Å²) in [6, 6.07) is 3.96. The number of ether oxygens (including phenoxy) is 1. The Morgan fingerprint density at radius 2 is 1.67 bits per heavy atom. The third-order valence-corrected chi connectivity index (χ3v) is 6.56. The molecular formula is C24H35N5O. The zero-order valence-corrected chi connectivity index (χ0v) is 18.8. The largest absolute Gasteiger partial charge is 0.373 e. The van der Waals surface area contributed by atoms with E-state index in [1.54, 1.807) is 12.4 Å². The molecule has 6 heteroatoms. The molecule has 2 saturated heterocycles. The van der Waals surface area contributed by atoms with Crippen LogP contribution in [0.15, 0.2) is 24.5 Å². The Kier molecular flexibility index (Phi) is 6.64. The third kappa shape index (κ3) is 4.98. The summed E-state index contributed by atoms with van der Waals surface area (Å²) < 4.78 is 5.87. The molecule has 4 rings (SSSR count). The first-order valence-corrected chi connectivity index (χ1v) is 11.4. The lowest BCUT2D eigenvalue weighted by molar-refractivity contribution is -0.0690. The van der Waals surface area contributed by atoms with Gasteiger partial charge < -0.3 is 9.64 Å². The van der Waals surface area contributed by atoms with Crippen molar-refractivity contribution in [2.45, 2.75) is 59.2 Å². The second-order valence-corrected chi connectivity index (χ2v) is 9.05. The zero-order valence-electron chi connectivity index (χ0n) is 18.8. The number of morpholine rings is 1. The highest BCUT2D eigenvalue weighted by Crippen LogP contribution is 2.29. The van der Waals surface area contributed by atoms with Crippen LogP contribution in [0, 0.1) is 19.8 Å². The van der Waals surface area contributed by atoms with Crippen molar-refractivity contribution in [1.82, 2.24) is 19.9 Å². The van der Waals surface area contributed by atoms with Gasteiger partial charge in [0.05, 0.1) is 12.2 Å². The van der Waals surface area contributed by atoms with Crippen LogP contribution < -0.4 is 4.90 Å². The van der Waals surface area contributed by atoms with Gasteiger partial charge in [0.1, 0.15) is 5.82 Å². The van der Waals surface area contributed by atoms with Crippen LogP contribution in [-0.4, -0.2) is 64.8 Å². The molecule has 2 unspecified atom stereocenters. The highest BCUT2D eigenvalue weighted by molar-refractivity contribution is 5.60. The summed E-state index contributed by atoms with van der Waals surface area (Å²) in [6.07, 6.45) is 8.08. The van der Waals surface area contributed by atoms with Crippen molar-refractivity contribution in [3.63, 3.8) is 0 Å². The molecule has 0 bridgehead atoms. The minimum Gasteiger partial charge on any atom is -0.373 e. The van der Waals surface area contributed by atoms with Gasteiger partial charge in [-0.1, -0.05) is 0 Å². The van der Waals surface area contributed by atoms with Gasteiger partial charge >= 0.3 is 0 Å². The maximum atomic E-state index is 5.87. The number of piperidine rings is 1. The monoisotopic (exact) mass is 409 g/mol. The number of pyridine rings is 1. The van der Waals surface area contributed by atoms with E-state index in [-0.39, 0.29) is 0 Å². The first kappa shape index (κ1) is 21.2. The Morgan fingerprint density at radius 3 is 2.33 bits per heavy atom. The summed E-state index contributed by atoms with van der Waals surface area (Å²) in [7, 11) is 0. The van der Waals surface area contributed by atoms with E-state index in [0.717, 1.165) is 55.0 Å². The zero-order chi connectivity index (χ0) is 21.1. The van der Waals surface area contributed by atoms with E-state index < -0.39 is 0 Å². The van der Waals surface area contributed by atoms with Crippen molar-refractivity contribution >= 4 is 5.82 Å². The fourth-order valence-electron chi connectivity index (χ4n) is 4.82. The van der Waals surface area contributed by atoms with Crippen LogP contribution in [0.3, 0.4) is 0 Å². The quantitative estimate of drug-likeness (QED) is 0.747. The van der Waals surface area contributed by atoms with Gasteiger partial charge in [0.2, 0.25) is 0 Å². The molecule has 4 heterocycles. The predicted octanol–water partition coefficient (Wildman–Crippen LogP) is 3.87. The third-order valence-electron chi connectivity index (χ3n) is 6.56. The maximum Gasteiger partial charge on any atom is 0.161 e. The Morgan fingerprint density at radius 1 is 1.00 bits per heavy atom. The number of hydrogen-bond donors (Lipinski definition) is 0. The van der Waals surface area contributed by atoms with Gasteiger partial charge in [-0.05, 0) is 71.6 Å². The standard InChI is InChI=1S/C24H35N5O/c1-17-15-28(16-18(2)30-17)12-7-21-8-13-29(14-9-21)24-19(3)20(4)26-23(27-24)22-5-10-25-11-6-22/h5-6,10-11,17-18,21H,7-9,12-16H2,1-4H3. The van der Waals surface area contributed by atoms with Crippen molar-refractivity contribution in [3.05, 3.63) is 35.8 Å². The molecule has 2 aliphatic heterocycles. The molecule has 0 spiro atoms. The van der Waals surface area contributed by atoms with E-state index in [1.807, 2.05) is 12.1 Å². The summed E-state index contributed by atoms with van der Waals surface area (Å²) >= 11 is 0. The lowest BCUT2D eigenvalue weighted by Crippen LogP contribution is -2.46. The summed E-state index contributed by atoms with van der Waals surface area (Å²) in [5.74, 6) is 2.70. The molecule has 0 saturated carbocycles. The molecule has 2 aliphatic rings. The normalized spacial score (nSPS) is 23.7. The topological polar surface area (TPSA) is 54.4 Å². The van der Waals surface area contributed by atoms with Gasteiger partial charge in [0, 0.05) is 55.4 Å². The molecule has 2 aromatic heterocycles. The minimum atomic E-state index is 0.356. The first-order valence-electron chi connectivity index (χ1n) is 11.4. The molecule has 2 aromatic rings. The van der Waals surface area contributed by atoms with Crippen LogP contribution in [0.4, 0.5) is 5.82 Å². The lowest BCUT2D eigenvalue weighted by Gasteiger charge is -2.37. The van der Waals surface area contributed by atoms with E-state index >= 15 is 0 Å². The highest BCUT2D eigenvalue weighted by Gasteiger charge is 2.26. The molecule has 0 aliphatic carbocycles. The van der Waals surface area contributed by atoms with Crippen molar-refractivity contribution < 1.29 is 4.74 Å². The number of aryl methyl sites for hydroxylation is 1. The van der Waals surface area contributed by atoms with Crippen LogP contribution in [0.2, 0.25) is 0 Å². The highest BCUT2D eigenvalue weighted by atomic mass is 16.5. The first-order chi connectivity index (χ1) is 14.5. The second-order valence-electron chi connectivity index (χ2n) is 9.05. The van der Waals surface area contributed by atoms with E-state index in [0.29, 0.717) is 12.2 Å². The smallest absolute Gasteiger partial charge is 0.161 e. The summed E-state index contributed by atoms with van der Waals surface area (Å²) in [5.41, 5.74) is 3.28. The number of hydrogen-bond acceptors (Lipinski definition) is 6. The van der Waals surface area contributed by atoms with Crippen molar-refractivity contribution in [2.24, 2.45) is 5.92 Å². The van der Waals surface area contributed by atoms with Gasteiger partial charge in [0.25, 0.3) is 0 Å². The van der Waals surface area contributed by atoms with E-state index in [1.165, 1.54) is 31.4 Å². The maximum absolute atomic E-state index is 5.87. The second kappa shape index (κ2) is 9.40. The van der Waals surface area contributed by atoms with Gasteiger partial charge in [0.15, 0.2) is 5.82 Å². The van der Waals surface area contributed by atoms with Gasteiger partial charge in [-0.3, -0.25) is 9.88 Å². The molecule has 6 nitrogen and oxygen atoms in total. The fraction of sp³-hybridized carbons (Fsp3) is 0.625. The Hall–Kier alpha value is -2.05. The van der Waals surface area contributed by atoms with E-state index in [2.05, 4.69) is 42.5 Å². The lowest BCUT2D eigenvalue weighted by atomic mass is 9.93. The Labute approximate surface area is 180 Å². The van der Waals surface area contributed by atoms with Gasteiger partial charge in [-0.2, -0.15) is 0 Å². The van der Waals surface area contributed by atoms with Crippen LogP contribution in [0.25, 0.3) is 11.4 Å². The van der Waals surface area contributed by atoms with Crippen molar-refractivity contribution in [2.75, 3.05) is 37.6 Å². The van der Waals surface area contributed by atoms with Crippen LogP contribution in [0.5, 0.6) is 0 Å². The van der Waals surface area contributed by atoms with Gasteiger partial charge in [-0.25, -0.2) is 9.97 Å². The Bertz CT molecular complexity index is 825. The van der Waals surface area contributed by atoms with Crippen molar-refractivity contribution in [3.8, 4) is 11.4 Å². The molecule has 162 valence electrons. The molecular weight excluding hydrogens is 374 g/mol. The molecule has 0 N–H and O–H groups in total. The molecule has 0 aromatic carbocycles. The summed E-state index contributed by atoms with van der Waals surface area (Å²) in [5, 5.41) is 0. The SMILES string of the molecule is Cc1nc(-c2ccncc2)nc(N2CCC(CCN3CC(C)OC(C)C3)CC2)c1C. The van der Waals surface area contributed by atoms with E-state index in [4.69, 9.17) is 14.7 Å². The molecule has 2 fully saturated rings. The molecule has 0 radical (unpaired) electrons. The van der Waals surface area contributed by atoms with Crippen molar-refractivity contribution in [1.29, 1.82) is 0 Å². The predicted molar refractivity (Wildman–Crippen MR) is 121 cm³/mol. The molecule has 2 atom stereocenters. The van der Waals surface area contributed by atoms with Gasteiger partial charge in [-0.15, -0.1) is 0 Å². The summed E-state index contributed by atoms with van der Waals surface area (Å²) in [6.45, 7) is 14.1. The number of aromatic nitrogens is 3. The average molecular weight is 410 g/mol. The van der Waals surface area contributed by atoms with Crippen LogP contribution in [0.1, 0.15) is 44.4 Å². The molecule has 30 heavy (non-hydrogen) atoms. The number of nitrogens with zero attached hydrogens (tertiary/aromatic N) is 5. The Balaban J connectivity index is 1.36. The minimum absolute atomic E-state index is 0.356. The molecule has 0 amide bonds. The fourth-order valence-corrected chi connectivity index (χ4v) is 4.82. The summed E-state index contributed by atoms with van der Waals surface area (Å²) in [4.78, 5) is 18.8. The number of anilines is 1. The van der Waals surface area contributed by atoms with Crippen LogP contribution in [-0.2, 0) is 4.74 Å². The van der Waals surface area contributed by atoms with E-state index in [9.17, 15) is 0 Å².